The summed E-state index contributed by atoms with van der Waals surface area (Å²) in [4.78, 5) is 1.87. The molecule has 7 heteroatoms. The predicted octanol–water partition coefficient (Wildman–Crippen LogP) is 1.58. The molecule has 1 aliphatic heterocycles. The molecule has 0 amide bonds. The lowest BCUT2D eigenvalue weighted by Crippen LogP contribution is -2.32. The third-order valence-electron chi connectivity index (χ3n) is 3.58. The van der Waals surface area contributed by atoms with Crippen molar-refractivity contribution in [3.05, 3.63) is 35.3 Å². The Labute approximate surface area is 121 Å². The Morgan fingerprint density at radius 1 is 1.48 bits per heavy atom. The van der Waals surface area contributed by atoms with E-state index in [4.69, 9.17) is 10.5 Å². The normalized spacial score (nSPS) is 17.0. The van der Waals surface area contributed by atoms with Gasteiger partial charge in [0, 0.05) is 20.2 Å². The number of anilines is 2. The molecule has 2 aromatic rings. The molecule has 0 fully saturated rings. The van der Waals surface area contributed by atoms with Gasteiger partial charge in [-0.15, -0.1) is 0 Å². The van der Waals surface area contributed by atoms with Crippen LogP contribution in [0.1, 0.15) is 17.4 Å². The van der Waals surface area contributed by atoms with Crippen LogP contribution < -0.4 is 15.4 Å². The lowest BCUT2D eigenvalue weighted by atomic mass is 10.1. The van der Waals surface area contributed by atoms with Gasteiger partial charge in [0.15, 0.2) is 6.10 Å². The number of hydrogen-bond donors (Lipinski definition) is 1. The Morgan fingerprint density at radius 2 is 2.24 bits per heavy atom. The number of nitrogen functional groups attached to an aromatic ring is 1. The smallest absolute Gasteiger partial charge is 0.161 e. The number of hydrogen-bond acceptors (Lipinski definition) is 5. The van der Waals surface area contributed by atoms with E-state index in [1.165, 1.54) is 16.8 Å². The SMILES string of the molecule is CN1CC(c2nn(C)c(N)c2C#N)Oc2ccc(F)cc21. The second kappa shape index (κ2) is 4.66. The largest absolute Gasteiger partial charge is 0.480 e. The summed E-state index contributed by atoms with van der Waals surface area (Å²) in [5.41, 5.74) is 7.32. The summed E-state index contributed by atoms with van der Waals surface area (Å²) < 4.78 is 20.6. The van der Waals surface area contributed by atoms with Crippen molar-refractivity contribution in [3.63, 3.8) is 0 Å². The number of aryl methyl sites for hydroxylation is 1. The predicted molar refractivity (Wildman–Crippen MR) is 75.4 cm³/mol. The lowest BCUT2D eigenvalue weighted by Gasteiger charge is -2.33. The molecular formula is C14H14FN5O. The zero-order chi connectivity index (χ0) is 15.1. The lowest BCUT2D eigenvalue weighted by molar-refractivity contribution is 0.193. The van der Waals surface area contributed by atoms with Crippen LogP contribution in [0, 0.1) is 17.1 Å². The molecule has 2 N–H and O–H groups in total. The fraction of sp³-hybridized carbons (Fsp3) is 0.286. The van der Waals surface area contributed by atoms with Crippen molar-refractivity contribution in [2.45, 2.75) is 6.10 Å². The molecule has 1 aliphatic rings. The molecule has 0 spiro atoms. The fourth-order valence-electron chi connectivity index (χ4n) is 2.47. The molecular weight excluding hydrogens is 273 g/mol. The molecule has 0 saturated carbocycles. The fourth-order valence-corrected chi connectivity index (χ4v) is 2.47. The third-order valence-corrected chi connectivity index (χ3v) is 3.58. The van der Waals surface area contributed by atoms with E-state index in [2.05, 4.69) is 11.2 Å². The Kier molecular flexibility index (Phi) is 2.94. The molecule has 3 rings (SSSR count). The number of nitrogens with zero attached hydrogens (tertiary/aromatic N) is 4. The zero-order valence-corrected chi connectivity index (χ0v) is 11.7. The maximum atomic E-state index is 13.3. The van der Waals surface area contributed by atoms with E-state index < -0.39 is 6.10 Å². The molecule has 1 unspecified atom stereocenters. The van der Waals surface area contributed by atoms with Crippen LogP contribution in [0.5, 0.6) is 5.75 Å². The number of fused-ring (bicyclic) bond motifs is 1. The van der Waals surface area contributed by atoms with Crippen molar-refractivity contribution in [1.82, 2.24) is 9.78 Å². The van der Waals surface area contributed by atoms with Crippen LogP contribution in [0.3, 0.4) is 0 Å². The van der Waals surface area contributed by atoms with Crippen molar-refractivity contribution < 1.29 is 9.13 Å². The summed E-state index contributed by atoms with van der Waals surface area (Å²) in [5.74, 6) is 0.550. The number of rotatable bonds is 1. The molecule has 2 heterocycles. The van der Waals surface area contributed by atoms with Gasteiger partial charge in [-0.3, -0.25) is 4.68 Å². The van der Waals surface area contributed by atoms with E-state index in [9.17, 15) is 9.65 Å². The highest BCUT2D eigenvalue weighted by Gasteiger charge is 2.30. The van der Waals surface area contributed by atoms with Crippen molar-refractivity contribution in [1.29, 1.82) is 5.26 Å². The molecule has 21 heavy (non-hydrogen) atoms. The van der Waals surface area contributed by atoms with Crippen LogP contribution in [0.4, 0.5) is 15.9 Å². The first-order valence-corrected chi connectivity index (χ1v) is 6.41. The molecule has 1 aromatic heterocycles. The molecule has 108 valence electrons. The molecule has 1 aromatic carbocycles. The number of aromatic nitrogens is 2. The minimum atomic E-state index is -0.425. The minimum absolute atomic E-state index is 0.309. The average Bonchev–Trinajstić information content (AvgIpc) is 2.75. The van der Waals surface area contributed by atoms with Crippen molar-refractivity contribution in [2.24, 2.45) is 7.05 Å². The van der Waals surface area contributed by atoms with Gasteiger partial charge >= 0.3 is 0 Å². The first-order valence-electron chi connectivity index (χ1n) is 6.41. The van der Waals surface area contributed by atoms with Crippen LogP contribution in [-0.4, -0.2) is 23.4 Å². The summed E-state index contributed by atoms with van der Waals surface area (Å²) >= 11 is 0. The maximum Gasteiger partial charge on any atom is 0.161 e. The summed E-state index contributed by atoms with van der Waals surface area (Å²) in [6, 6.07) is 6.40. The van der Waals surface area contributed by atoms with Gasteiger partial charge in [0.25, 0.3) is 0 Å². The van der Waals surface area contributed by atoms with Crippen LogP contribution in [0.25, 0.3) is 0 Å². The van der Waals surface area contributed by atoms with Crippen molar-refractivity contribution >= 4 is 11.5 Å². The van der Waals surface area contributed by atoms with E-state index >= 15 is 0 Å². The topological polar surface area (TPSA) is 80.1 Å². The molecule has 1 atom stereocenters. The Bertz CT molecular complexity index is 749. The quantitative estimate of drug-likeness (QED) is 0.861. The first kappa shape index (κ1) is 13.2. The second-order valence-electron chi connectivity index (χ2n) is 4.98. The highest BCUT2D eigenvalue weighted by Crippen LogP contribution is 2.38. The number of benzene rings is 1. The molecule has 0 aliphatic carbocycles. The van der Waals surface area contributed by atoms with Gasteiger partial charge in [-0.25, -0.2) is 4.39 Å². The number of nitrogens with two attached hydrogens (primary N) is 1. The van der Waals surface area contributed by atoms with E-state index in [0.717, 1.165) is 0 Å². The van der Waals surface area contributed by atoms with Gasteiger partial charge in [0.05, 0.1) is 12.2 Å². The van der Waals surface area contributed by atoms with E-state index in [1.54, 1.807) is 13.1 Å². The summed E-state index contributed by atoms with van der Waals surface area (Å²) in [6.45, 7) is 0.460. The van der Waals surface area contributed by atoms with E-state index in [-0.39, 0.29) is 5.82 Å². The van der Waals surface area contributed by atoms with E-state index in [0.29, 0.717) is 35.1 Å². The average molecular weight is 287 g/mol. The van der Waals surface area contributed by atoms with Crippen LogP contribution in [-0.2, 0) is 7.05 Å². The standard InChI is InChI=1S/C14H14FN5O/c1-19-7-12(13-9(6-16)14(17)20(2)18-13)21-11-4-3-8(15)5-10(11)19/h3-5,12H,7,17H2,1-2H3. The van der Waals surface area contributed by atoms with Gasteiger partial charge in [0.2, 0.25) is 0 Å². The summed E-state index contributed by atoms with van der Waals surface area (Å²) in [7, 11) is 3.52. The number of likely N-dealkylation sites (N-methyl/N-ethyl adjacent to an activating group) is 1. The number of halogens is 1. The van der Waals surface area contributed by atoms with Crippen LogP contribution in [0.2, 0.25) is 0 Å². The highest BCUT2D eigenvalue weighted by molar-refractivity contribution is 5.61. The first-order chi connectivity index (χ1) is 10.0. The number of ether oxygens (including phenoxy) is 1. The highest BCUT2D eigenvalue weighted by atomic mass is 19.1. The molecule has 0 radical (unpaired) electrons. The zero-order valence-electron chi connectivity index (χ0n) is 11.7. The Balaban J connectivity index is 2.02. The summed E-state index contributed by atoms with van der Waals surface area (Å²) in [6.07, 6.45) is -0.425. The Morgan fingerprint density at radius 3 is 2.95 bits per heavy atom. The minimum Gasteiger partial charge on any atom is -0.480 e. The summed E-state index contributed by atoms with van der Waals surface area (Å²) in [5, 5.41) is 13.5. The Hall–Kier alpha value is -2.75. The third kappa shape index (κ3) is 2.05. The number of nitriles is 1. The van der Waals surface area contributed by atoms with Crippen molar-refractivity contribution in [2.75, 3.05) is 24.2 Å². The van der Waals surface area contributed by atoms with Gasteiger partial charge in [-0.05, 0) is 12.1 Å². The van der Waals surface area contributed by atoms with Gasteiger partial charge in [0.1, 0.15) is 34.7 Å². The van der Waals surface area contributed by atoms with Gasteiger partial charge in [-0.2, -0.15) is 10.4 Å². The molecule has 6 nitrogen and oxygen atoms in total. The monoisotopic (exact) mass is 287 g/mol. The van der Waals surface area contributed by atoms with Gasteiger partial charge < -0.3 is 15.4 Å². The van der Waals surface area contributed by atoms with E-state index in [1.807, 2.05) is 11.9 Å². The van der Waals surface area contributed by atoms with Crippen LogP contribution >= 0.6 is 0 Å². The van der Waals surface area contributed by atoms with Crippen molar-refractivity contribution in [3.8, 4) is 11.8 Å². The second-order valence-corrected chi connectivity index (χ2v) is 4.98. The maximum absolute atomic E-state index is 13.3. The van der Waals surface area contributed by atoms with Gasteiger partial charge in [-0.1, -0.05) is 0 Å². The van der Waals surface area contributed by atoms with Crippen LogP contribution in [0.15, 0.2) is 18.2 Å². The molecule has 0 saturated heterocycles. The molecule has 0 bridgehead atoms.